The average molecular weight is 281 g/mol. The molecule has 1 atom stereocenters. The number of rotatable bonds is 6. The van der Waals surface area contributed by atoms with Gasteiger partial charge in [-0.15, -0.1) is 0 Å². The highest BCUT2D eigenvalue weighted by atomic mass is 16.5. The molecular weight excluding hydrogens is 258 g/mol. The highest BCUT2D eigenvalue weighted by Crippen LogP contribution is 1.99. The van der Waals surface area contributed by atoms with Crippen LogP contribution in [-0.4, -0.2) is 60.3 Å². The van der Waals surface area contributed by atoms with Crippen LogP contribution in [0.4, 0.5) is 5.82 Å². The van der Waals surface area contributed by atoms with E-state index in [2.05, 4.69) is 27.1 Å². The SMILES string of the molecule is C[C@H](CN1CCOCC1)NCCc1nc(N)cc(=O)[nH]1. The van der Waals surface area contributed by atoms with E-state index in [9.17, 15) is 4.79 Å². The zero-order chi connectivity index (χ0) is 14.4. The van der Waals surface area contributed by atoms with Gasteiger partial charge in [-0.25, -0.2) is 4.98 Å². The zero-order valence-corrected chi connectivity index (χ0v) is 11.9. The van der Waals surface area contributed by atoms with E-state index in [1.807, 2.05) is 0 Å². The number of morpholine rings is 1. The van der Waals surface area contributed by atoms with Gasteiger partial charge < -0.3 is 20.8 Å². The summed E-state index contributed by atoms with van der Waals surface area (Å²) in [5.74, 6) is 0.895. The van der Waals surface area contributed by atoms with Gasteiger partial charge in [-0.1, -0.05) is 0 Å². The van der Waals surface area contributed by atoms with Gasteiger partial charge in [-0.2, -0.15) is 0 Å². The molecular formula is C13H23N5O2. The van der Waals surface area contributed by atoms with E-state index in [-0.39, 0.29) is 11.4 Å². The van der Waals surface area contributed by atoms with Crippen LogP contribution in [0.5, 0.6) is 0 Å². The second-order valence-corrected chi connectivity index (χ2v) is 5.14. The number of ether oxygens (including phenoxy) is 1. The summed E-state index contributed by atoms with van der Waals surface area (Å²) in [4.78, 5) is 20.4. The lowest BCUT2D eigenvalue weighted by atomic mass is 10.2. The van der Waals surface area contributed by atoms with Crippen molar-refractivity contribution >= 4 is 5.82 Å². The van der Waals surface area contributed by atoms with E-state index in [4.69, 9.17) is 10.5 Å². The fraction of sp³-hybridized carbons (Fsp3) is 0.692. The topological polar surface area (TPSA) is 96.3 Å². The Balaban J connectivity index is 1.70. The highest BCUT2D eigenvalue weighted by molar-refractivity contribution is 5.25. The molecule has 1 fully saturated rings. The molecule has 20 heavy (non-hydrogen) atoms. The van der Waals surface area contributed by atoms with E-state index < -0.39 is 0 Å². The summed E-state index contributed by atoms with van der Waals surface area (Å²) in [6.07, 6.45) is 0.660. The van der Waals surface area contributed by atoms with E-state index in [1.165, 1.54) is 6.07 Å². The molecule has 112 valence electrons. The molecule has 7 nitrogen and oxygen atoms in total. The maximum absolute atomic E-state index is 11.3. The van der Waals surface area contributed by atoms with Crippen LogP contribution in [-0.2, 0) is 11.2 Å². The average Bonchev–Trinajstić information content (AvgIpc) is 2.38. The van der Waals surface area contributed by atoms with Gasteiger partial charge >= 0.3 is 0 Å². The lowest BCUT2D eigenvalue weighted by Crippen LogP contribution is -2.44. The minimum absolute atomic E-state index is 0.200. The van der Waals surface area contributed by atoms with Crippen LogP contribution in [0.25, 0.3) is 0 Å². The van der Waals surface area contributed by atoms with Crippen molar-refractivity contribution in [2.45, 2.75) is 19.4 Å². The molecule has 0 aromatic carbocycles. The van der Waals surface area contributed by atoms with Gasteiger partial charge in [-0.3, -0.25) is 9.69 Å². The Morgan fingerprint density at radius 2 is 2.30 bits per heavy atom. The summed E-state index contributed by atoms with van der Waals surface area (Å²) in [5, 5.41) is 3.43. The fourth-order valence-electron chi connectivity index (χ4n) is 2.32. The molecule has 7 heteroatoms. The number of nitrogens with one attached hydrogen (secondary N) is 2. The Hall–Kier alpha value is -1.44. The molecule has 1 saturated heterocycles. The lowest BCUT2D eigenvalue weighted by molar-refractivity contribution is 0.0344. The number of hydrogen-bond donors (Lipinski definition) is 3. The first-order chi connectivity index (χ1) is 9.63. The van der Waals surface area contributed by atoms with Gasteiger partial charge in [0, 0.05) is 44.7 Å². The van der Waals surface area contributed by atoms with Crippen molar-refractivity contribution in [1.29, 1.82) is 0 Å². The highest BCUT2D eigenvalue weighted by Gasteiger charge is 2.13. The van der Waals surface area contributed by atoms with Gasteiger partial charge in [0.2, 0.25) is 0 Å². The minimum atomic E-state index is -0.200. The first kappa shape index (κ1) is 15.0. The van der Waals surface area contributed by atoms with Gasteiger partial charge in [0.15, 0.2) is 0 Å². The molecule has 0 unspecified atom stereocenters. The number of nitrogen functional groups attached to an aromatic ring is 1. The third kappa shape index (κ3) is 4.92. The maximum atomic E-state index is 11.3. The van der Waals surface area contributed by atoms with Crippen LogP contribution in [0.1, 0.15) is 12.7 Å². The largest absolute Gasteiger partial charge is 0.383 e. The molecule has 2 rings (SSSR count). The second-order valence-electron chi connectivity index (χ2n) is 5.14. The van der Waals surface area contributed by atoms with E-state index in [1.54, 1.807) is 0 Å². The third-order valence-electron chi connectivity index (χ3n) is 3.30. The fourth-order valence-corrected chi connectivity index (χ4v) is 2.32. The molecule has 2 heterocycles. The van der Waals surface area contributed by atoms with Crippen LogP contribution >= 0.6 is 0 Å². The molecule has 1 aromatic rings. The summed E-state index contributed by atoms with van der Waals surface area (Å²) >= 11 is 0. The number of hydrogen-bond acceptors (Lipinski definition) is 6. The number of H-pyrrole nitrogens is 1. The Kier molecular flexibility index (Phi) is 5.51. The van der Waals surface area contributed by atoms with Crippen LogP contribution in [0.2, 0.25) is 0 Å². The van der Waals surface area contributed by atoms with Gasteiger partial charge in [-0.05, 0) is 6.92 Å². The standard InChI is InChI=1S/C13H23N5O2/c1-10(9-18-4-6-20-7-5-18)15-3-2-12-16-11(14)8-13(19)17-12/h8,10,15H,2-7,9H2,1H3,(H3,14,16,17,19)/t10-/m1/s1. The van der Waals surface area contributed by atoms with Gasteiger partial charge in [0.25, 0.3) is 5.56 Å². The first-order valence-corrected chi connectivity index (χ1v) is 7.02. The van der Waals surface area contributed by atoms with Crippen molar-refractivity contribution in [3.8, 4) is 0 Å². The van der Waals surface area contributed by atoms with Crippen LogP contribution in [0.15, 0.2) is 10.9 Å². The number of aromatic amines is 1. The Labute approximate surface area is 118 Å². The summed E-state index contributed by atoms with van der Waals surface area (Å²) in [6, 6.07) is 1.68. The summed E-state index contributed by atoms with van der Waals surface area (Å²) in [7, 11) is 0. The lowest BCUT2D eigenvalue weighted by Gasteiger charge is -2.29. The molecule has 1 aliphatic heterocycles. The van der Waals surface area contributed by atoms with Crippen molar-refractivity contribution in [3.63, 3.8) is 0 Å². The summed E-state index contributed by atoms with van der Waals surface area (Å²) in [5.41, 5.74) is 5.34. The van der Waals surface area contributed by atoms with Gasteiger partial charge in [0.1, 0.15) is 11.6 Å². The monoisotopic (exact) mass is 281 g/mol. The molecule has 0 saturated carbocycles. The molecule has 1 aromatic heterocycles. The molecule has 1 aliphatic rings. The maximum Gasteiger partial charge on any atom is 0.252 e. The predicted molar refractivity (Wildman–Crippen MR) is 77.7 cm³/mol. The van der Waals surface area contributed by atoms with E-state index in [0.29, 0.717) is 18.3 Å². The minimum Gasteiger partial charge on any atom is -0.383 e. The van der Waals surface area contributed by atoms with Gasteiger partial charge in [0.05, 0.1) is 13.2 Å². The van der Waals surface area contributed by atoms with Crippen molar-refractivity contribution in [2.75, 3.05) is 45.1 Å². The second kappa shape index (κ2) is 7.37. The summed E-state index contributed by atoms with van der Waals surface area (Å²) < 4.78 is 5.33. The molecule has 0 radical (unpaired) electrons. The zero-order valence-electron chi connectivity index (χ0n) is 11.9. The van der Waals surface area contributed by atoms with Crippen molar-refractivity contribution in [2.24, 2.45) is 0 Å². The first-order valence-electron chi connectivity index (χ1n) is 7.02. The Morgan fingerprint density at radius 1 is 1.55 bits per heavy atom. The van der Waals surface area contributed by atoms with Crippen molar-refractivity contribution < 1.29 is 4.74 Å². The smallest absolute Gasteiger partial charge is 0.252 e. The third-order valence-corrected chi connectivity index (χ3v) is 3.30. The number of nitrogens with zero attached hydrogens (tertiary/aromatic N) is 2. The molecule has 4 N–H and O–H groups in total. The van der Waals surface area contributed by atoms with Crippen molar-refractivity contribution in [1.82, 2.24) is 20.2 Å². The van der Waals surface area contributed by atoms with E-state index in [0.717, 1.165) is 39.4 Å². The number of anilines is 1. The number of nitrogens with two attached hydrogens (primary N) is 1. The summed E-state index contributed by atoms with van der Waals surface area (Å²) in [6.45, 7) is 7.56. The predicted octanol–water partition coefficient (Wildman–Crippen LogP) is -0.795. The normalized spacial score (nSPS) is 18.1. The van der Waals surface area contributed by atoms with Crippen LogP contribution < -0.4 is 16.6 Å². The van der Waals surface area contributed by atoms with Crippen molar-refractivity contribution in [3.05, 3.63) is 22.2 Å². The van der Waals surface area contributed by atoms with E-state index >= 15 is 0 Å². The Bertz CT molecular complexity index is 470. The molecule has 0 bridgehead atoms. The van der Waals surface area contributed by atoms with Crippen LogP contribution in [0, 0.1) is 0 Å². The quantitative estimate of drug-likeness (QED) is 0.632. The molecule has 0 amide bonds. The Morgan fingerprint density at radius 3 is 3.00 bits per heavy atom. The molecule has 0 aliphatic carbocycles. The van der Waals surface area contributed by atoms with Crippen LogP contribution in [0.3, 0.4) is 0 Å². The number of aromatic nitrogens is 2. The molecule has 0 spiro atoms.